The quantitative estimate of drug-likeness (QED) is 0.873. The number of nitrogens with zero attached hydrogens (tertiary/aromatic N) is 1. The van der Waals surface area contributed by atoms with Gasteiger partial charge in [-0.1, -0.05) is 60.2 Å². The molecule has 23 heavy (non-hydrogen) atoms. The fraction of sp³-hybridized carbons (Fsp3) is 0.250. The molecule has 1 aliphatic heterocycles. The Balaban J connectivity index is 1.95. The summed E-state index contributed by atoms with van der Waals surface area (Å²) in [5, 5.41) is 3.46. The molecule has 3 nitrogen and oxygen atoms in total. The van der Waals surface area contributed by atoms with Crippen molar-refractivity contribution >= 4 is 11.6 Å². The number of benzene rings is 2. The second kappa shape index (κ2) is 6.29. The molecule has 1 atom stereocenters. The van der Waals surface area contributed by atoms with Crippen molar-refractivity contribution in [1.82, 2.24) is 4.90 Å². The smallest absolute Gasteiger partial charge is 0.253 e. The normalized spacial score (nSPS) is 16.2. The molecule has 0 fully saturated rings. The Morgan fingerprint density at radius 1 is 1.00 bits per heavy atom. The van der Waals surface area contributed by atoms with Crippen molar-refractivity contribution in [2.75, 3.05) is 18.4 Å². The Bertz CT molecular complexity index is 698. The first-order valence-corrected chi connectivity index (χ1v) is 7.94. The lowest BCUT2D eigenvalue weighted by molar-refractivity contribution is -0.134. The van der Waals surface area contributed by atoms with Gasteiger partial charge >= 0.3 is 0 Å². The Morgan fingerprint density at radius 3 is 2.22 bits per heavy atom. The van der Waals surface area contributed by atoms with Gasteiger partial charge in [0.15, 0.2) is 0 Å². The molecule has 0 radical (unpaired) electrons. The predicted molar refractivity (Wildman–Crippen MR) is 94.3 cm³/mol. The summed E-state index contributed by atoms with van der Waals surface area (Å²) in [4.78, 5) is 15.0. The third-order valence-electron chi connectivity index (χ3n) is 4.33. The molecule has 2 aromatic rings. The van der Waals surface area contributed by atoms with Crippen molar-refractivity contribution < 1.29 is 4.79 Å². The van der Waals surface area contributed by atoms with Gasteiger partial charge in [0.05, 0.1) is 0 Å². The molecule has 1 N–H and O–H groups in total. The molecule has 0 spiro atoms. The molecule has 0 saturated carbocycles. The van der Waals surface area contributed by atoms with E-state index < -0.39 is 5.54 Å². The number of hydrogen-bond acceptors (Lipinski definition) is 2. The number of hydrogen-bond donors (Lipinski definition) is 1. The highest BCUT2D eigenvalue weighted by Gasteiger charge is 2.38. The van der Waals surface area contributed by atoms with Crippen LogP contribution in [0.15, 0.2) is 66.7 Å². The molecule has 3 rings (SSSR count). The first-order chi connectivity index (χ1) is 11.1. The minimum atomic E-state index is -0.789. The van der Waals surface area contributed by atoms with Crippen LogP contribution in [0, 0.1) is 6.92 Å². The van der Waals surface area contributed by atoms with E-state index in [-0.39, 0.29) is 5.91 Å². The van der Waals surface area contributed by atoms with Crippen molar-refractivity contribution in [3.05, 3.63) is 77.9 Å². The summed E-state index contributed by atoms with van der Waals surface area (Å²) in [5.41, 5.74) is 2.33. The maximum absolute atomic E-state index is 13.2. The Labute approximate surface area is 137 Å². The second-order valence-electron chi connectivity index (χ2n) is 6.16. The number of aryl methyl sites for hydroxylation is 1. The van der Waals surface area contributed by atoms with Gasteiger partial charge in [0.1, 0.15) is 5.54 Å². The van der Waals surface area contributed by atoms with E-state index in [1.54, 1.807) is 0 Å². The molecule has 1 heterocycles. The van der Waals surface area contributed by atoms with E-state index in [1.807, 2.05) is 66.4 Å². The van der Waals surface area contributed by atoms with E-state index in [0.717, 1.165) is 11.3 Å². The number of rotatable bonds is 4. The zero-order chi connectivity index (χ0) is 16.3. The van der Waals surface area contributed by atoms with Crippen LogP contribution in [0.5, 0.6) is 0 Å². The Kier molecular flexibility index (Phi) is 4.20. The molecule has 2 aromatic carbocycles. The van der Waals surface area contributed by atoms with Gasteiger partial charge in [-0.3, -0.25) is 4.79 Å². The summed E-state index contributed by atoms with van der Waals surface area (Å²) in [7, 11) is 0. The van der Waals surface area contributed by atoms with Crippen LogP contribution < -0.4 is 5.32 Å². The van der Waals surface area contributed by atoms with Crippen LogP contribution in [0.25, 0.3) is 0 Å². The van der Waals surface area contributed by atoms with Crippen molar-refractivity contribution in [2.24, 2.45) is 0 Å². The van der Waals surface area contributed by atoms with Crippen LogP contribution >= 0.6 is 0 Å². The number of amides is 1. The second-order valence-corrected chi connectivity index (χ2v) is 6.16. The topological polar surface area (TPSA) is 32.3 Å². The fourth-order valence-electron chi connectivity index (χ4n) is 2.91. The maximum Gasteiger partial charge on any atom is 0.253 e. The number of anilines is 1. The maximum atomic E-state index is 13.2. The van der Waals surface area contributed by atoms with E-state index in [4.69, 9.17) is 0 Å². The Hall–Kier alpha value is -2.55. The zero-order valence-electron chi connectivity index (χ0n) is 13.6. The lowest BCUT2D eigenvalue weighted by Crippen LogP contribution is -2.49. The van der Waals surface area contributed by atoms with E-state index >= 15 is 0 Å². The van der Waals surface area contributed by atoms with Gasteiger partial charge < -0.3 is 10.2 Å². The summed E-state index contributed by atoms with van der Waals surface area (Å²) in [6, 6.07) is 18.1. The van der Waals surface area contributed by atoms with Gasteiger partial charge in [0.2, 0.25) is 0 Å². The van der Waals surface area contributed by atoms with Crippen LogP contribution in [0.1, 0.15) is 18.1 Å². The van der Waals surface area contributed by atoms with Crippen molar-refractivity contribution in [2.45, 2.75) is 19.4 Å². The van der Waals surface area contributed by atoms with Crippen molar-refractivity contribution in [3.8, 4) is 0 Å². The van der Waals surface area contributed by atoms with Gasteiger partial charge in [-0.15, -0.1) is 0 Å². The molecular formula is C20H22N2O. The van der Waals surface area contributed by atoms with Crippen LogP contribution in [0.2, 0.25) is 0 Å². The lowest BCUT2D eigenvalue weighted by Gasteiger charge is -2.34. The first kappa shape index (κ1) is 15.3. The van der Waals surface area contributed by atoms with Crippen molar-refractivity contribution in [3.63, 3.8) is 0 Å². The van der Waals surface area contributed by atoms with Crippen LogP contribution in [-0.2, 0) is 10.3 Å². The zero-order valence-corrected chi connectivity index (χ0v) is 13.6. The number of carbonyl (C=O) groups excluding carboxylic acids is 1. The summed E-state index contributed by atoms with van der Waals surface area (Å²) in [6.45, 7) is 5.37. The highest BCUT2D eigenvalue weighted by Crippen LogP contribution is 2.29. The van der Waals surface area contributed by atoms with Crippen LogP contribution in [-0.4, -0.2) is 23.9 Å². The van der Waals surface area contributed by atoms with Crippen LogP contribution in [0.4, 0.5) is 5.69 Å². The predicted octanol–water partition coefficient (Wildman–Crippen LogP) is 3.72. The SMILES string of the molecule is Cc1ccc(NC(C)(C(=O)N2CC=CC2)c2ccccc2)cc1. The molecule has 3 heteroatoms. The minimum Gasteiger partial charge on any atom is -0.368 e. The van der Waals surface area contributed by atoms with Gasteiger partial charge in [0, 0.05) is 18.8 Å². The van der Waals surface area contributed by atoms with Crippen LogP contribution in [0.3, 0.4) is 0 Å². The molecule has 0 saturated heterocycles. The molecule has 0 aromatic heterocycles. The first-order valence-electron chi connectivity index (χ1n) is 7.94. The lowest BCUT2D eigenvalue weighted by atomic mass is 9.89. The third-order valence-corrected chi connectivity index (χ3v) is 4.33. The standard InChI is InChI=1S/C20H22N2O/c1-16-10-12-18(13-11-16)21-20(2,17-8-4-3-5-9-17)19(23)22-14-6-7-15-22/h3-13,21H,14-15H2,1-2H3. The summed E-state index contributed by atoms with van der Waals surface area (Å²) in [6.07, 6.45) is 4.07. The van der Waals surface area contributed by atoms with E-state index in [2.05, 4.69) is 24.4 Å². The van der Waals surface area contributed by atoms with Gasteiger partial charge in [-0.25, -0.2) is 0 Å². The minimum absolute atomic E-state index is 0.0919. The molecule has 1 amide bonds. The largest absolute Gasteiger partial charge is 0.368 e. The molecule has 0 bridgehead atoms. The summed E-state index contributed by atoms with van der Waals surface area (Å²) in [5.74, 6) is 0.0919. The third kappa shape index (κ3) is 3.14. The molecule has 118 valence electrons. The van der Waals surface area contributed by atoms with E-state index in [9.17, 15) is 4.79 Å². The Morgan fingerprint density at radius 2 is 1.61 bits per heavy atom. The molecule has 0 aliphatic carbocycles. The van der Waals surface area contributed by atoms with E-state index in [0.29, 0.717) is 13.1 Å². The summed E-state index contributed by atoms with van der Waals surface area (Å²) >= 11 is 0. The van der Waals surface area contributed by atoms with E-state index in [1.165, 1.54) is 5.56 Å². The number of nitrogens with one attached hydrogen (secondary N) is 1. The average molecular weight is 306 g/mol. The summed E-state index contributed by atoms with van der Waals surface area (Å²) < 4.78 is 0. The highest BCUT2D eigenvalue weighted by molar-refractivity contribution is 5.91. The monoisotopic (exact) mass is 306 g/mol. The average Bonchev–Trinajstić information content (AvgIpc) is 3.11. The molecular weight excluding hydrogens is 284 g/mol. The molecule has 1 unspecified atom stereocenters. The number of carbonyl (C=O) groups is 1. The van der Waals surface area contributed by atoms with Gasteiger partial charge in [-0.2, -0.15) is 0 Å². The van der Waals surface area contributed by atoms with Gasteiger partial charge in [-0.05, 0) is 31.5 Å². The van der Waals surface area contributed by atoms with Gasteiger partial charge in [0.25, 0.3) is 5.91 Å². The fourth-order valence-corrected chi connectivity index (χ4v) is 2.91. The highest BCUT2D eigenvalue weighted by atomic mass is 16.2. The van der Waals surface area contributed by atoms with Crippen molar-refractivity contribution in [1.29, 1.82) is 0 Å². The molecule has 1 aliphatic rings.